The van der Waals surface area contributed by atoms with Crippen molar-refractivity contribution in [2.75, 3.05) is 26.2 Å². The standard InChI is InChI=1S/C16H23N3O2/c20-15(18-11-8-17-9-12-18)14-7-4-10-19(16(14)21)13-5-2-1-3-6-13/h4,7,10,13,17H,1-3,5-6,8-9,11-12H2. The highest BCUT2D eigenvalue weighted by Crippen LogP contribution is 2.26. The maximum Gasteiger partial charge on any atom is 0.263 e. The summed E-state index contributed by atoms with van der Waals surface area (Å²) in [7, 11) is 0. The highest BCUT2D eigenvalue weighted by Gasteiger charge is 2.23. The van der Waals surface area contributed by atoms with Crippen LogP contribution in [0.25, 0.3) is 0 Å². The molecule has 1 saturated heterocycles. The fourth-order valence-corrected chi connectivity index (χ4v) is 3.36. The van der Waals surface area contributed by atoms with E-state index in [-0.39, 0.29) is 17.5 Å². The topological polar surface area (TPSA) is 54.3 Å². The first kappa shape index (κ1) is 14.3. The van der Waals surface area contributed by atoms with Gasteiger partial charge in [-0.3, -0.25) is 9.59 Å². The number of carbonyl (C=O) groups excluding carboxylic acids is 1. The van der Waals surface area contributed by atoms with E-state index in [9.17, 15) is 9.59 Å². The Labute approximate surface area is 124 Å². The number of aromatic nitrogens is 1. The van der Waals surface area contributed by atoms with E-state index in [0.29, 0.717) is 18.7 Å². The van der Waals surface area contributed by atoms with Crippen LogP contribution < -0.4 is 10.9 Å². The zero-order chi connectivity index (χ0) is 14.7. The minimum absolute atomic E-state index is 0.118. The Morgan fingerprint density at radius 1 is 1.14 bits per heavy atom. The van der Waals surface area contributed by atoms with Gasteiger partial charge in [-0.05, 0) is 25.0 Å². The van der Waals surface area contributed by atoms with Crippen molar-refractivity contribution in [2.24, 2.45) is 0 Å². The predicted molar refractivity (Wildman–Crippen MR) is 81.6 cm³/mol. The van der Waals surface area contributed by atoms with Crippen LogP contribution in [0, 0.1) is 0 Å². The van der Waals surface area contributed by atoms with E-state index in [2.05, 4.69) is 5.32 Å². The van der Waals surface area contributed by atoms with Crippen molar-refractivity contribution in [1.29, 1.82) is 0 Å². The van der Waals surface area contributed by atoms with Crippen molar-refractivity contribution in [1.82, 2.24) is 14.8 Å². The highest BCUT2D eigenvalue weighted by atomic mass is 16.2. The van der Waals surface area contributed by atoms with Gasteiger partial charge in [0.05, 0.1) is 0 Å². The molecule has 1 aromatic rings. The largest absolute Gasteiger partial charge is 0.336 e. The van der Waals surface area contributed by atoms with E-state index in [1.807, 2.05) is 12.3 Å². The van der Waals surface area contributed by atoms with Crippen LogP contribution in [0.5, 0.6) is 0 Å². The summed E-state index contributed by atoms with van der Waals surface area (Å²) in [5.41, 5.74) is 0.206. The molecule has 2 fully saturated rings. The first-order valence-electron chi connectivity index (χ1n) is 7.98. The number of hydrogen-bond donors (Lipinski definition) is 1. The lowest BCUT2D eigenvalue weighted by atomic mass is 9.95. The molecule has 0 atom stereocenters. The number of nitrogens with one attached hydrogen (secondary N) is 1. The molecule has 114 valence electrons. The molecule has 2 aliphatic rings. The summed E-state index contributed by atoms with van der Waals surface area (Å²) in [6.07, 6.45) is 7.54. The third kappa shape index (κ3) is 3.02. The number of hydrogen-bond acceptors (Lipinski definition) is 3. The second kappa shape index (κ2) is 6.43. The van der Waals surface area contributed by atoms with Crippen molar-refractivity contribution in [3.8, 4) is 0 Å². The molecule has 0 unspecified atom stereocenters. The van der Waals surface area contributed by atoms with Gasteiger partial charge in [0.25, 0.3) is 11.5 Å². The van der Waals surface area contributed by atoms with E-state index in [1.54, 1.807) is 15.5 Å². The molecule has 1 aliphatic carbocycles. The normalized spacial score (nSPS) is 20.5. The second-order valence-corrected chi connectivity index (χ2v) is 5.97. The second-order valence-electron chi connectivity index (χ2n) is 5.97. The van der Waals surface area contributed by atoms with Gasteiger partial charge in [0, 0.05) is 38.4 Å². The van der Waals surface area contributed by atoms with E-state index < -0.39 is 0 Å². The Morgan fingerprint density at radius 3 is 2.57 bits per heavy atom. The highest BCUT2D eigenvalue weighted by molar-refractivity contribution is 5.93. The van der Waals surface area contributed by atoms with Gasteiger partial charge in [-0.2, -0.15) is 0 Å². The molecule has 0 radical (unpaired) electrons. The third-order valence-corrected chi connectivity index (χ3v) is 4.58. The summed E-state index contributed by atoms with van der Waals surface area (Å²) in [6, 6.07) is 3.78. The van der Waals surface area contributed by atoms with Gasteiger partial charge in [0.15, 0.2) is 0 Å². The average Bonchev–Trinajstić information content (AvgIpc) is 2.56. The molecular weight excluding hydrogens is 266 g/mol. The fourth-order valence-electron chi connectivity index (χ4n) is 3.36. The van der Waals surface area contributed by atoms with E-state index in [4.69, 9.17) is 0 Å². The Balaban J connectivity index is 1.85. The van der Waals surface area contributed by atoms with Gasteiger partial charge in [0.1, 0.15) is 5.56 Å². The Kier molecular flexibility index (Phi) is 4.39. The van der Waals surface area contributed by atoms with Crippen LogP contribution >= 0.6 is 0 Å². The Bertz CT molecular complexity index is 555. The predicted octanol–water partition coefficient (Wildman–Crippen LogP) is 1.40. The van der Waals surface area contributed by atoms with Crippen molar-refractivity contribution >= 4 is 5.91 Å². The van der Waals surface area contributed by atoms with Crippen LogP contribution in [-0.2, 0) is 0 Å². The molecular formula is C16H23N3O2. The molecule has 0 aromatic carbocycles. The van der Waals surface area contributed by atoms with Gasteiger partial charge >= 0.3 is 0 Å². The molecule has 3 rings (SSSR count). The van der Waals surface area contributed by atoms with Crippen LogP contribution in [0.15, 0.2) is 23.1 Å². The summed E-state index contributed by atoms with van der Waals surface area (Å²) < 4.78 is 1.79. The van der Waals surface area contributed by atoms with Gasteiger partial charge in [-0.25, -0.2) is 0 Å². The van der Waals surface area contributed by atoms with Crippen molar-refractivity contribution in [3.05, 3.63) is 34.2 Å². The molecule has 2 heterocycles. The zero-order valence-electron chi connectivity index (χ0n) is 12.4. The molecule has 1 amide bonds. The first-order chi connectivity index (χ1) is 10.3. The lowest BCUT2D eigenvalue weighted by Crippen LogP contribution is -2.48. The van der Waals surface area contributed by atoms with Crippen molar-refractivity contribution in [3.63, 3.8) is 0 Å². The summed E-state index contributed by atoms with van der Waals surface area (Å²) in [5, 5.41) is 3.22. The number of nitrogens with zero attached hydrogens (tertiary/aromatic N) is 2. The number of amides is 1. The molecule has 1 saturated carbocycles. The average molecular weight is 289 g/mol. The minimum atomic E-state index is -0.119. The van der Waals surface area contributed by atoms with Crippen LogP contribution in [0.1, 0.15) is 48.5 Å². The van der Waals surface area contributed by atoms with Gasteiger partial charge < -0.3 is 14.8 Å². The fraction of sp³-hybridized carbons (Fsp3) is 0.625. The summed E-state index contributed by atoms with van der Waals surface area (Å²) >= 11 is 0. The van der Waals surface area contributed by atoms with E-state index >= 15 is 0 Å². The molecule has 1 aromatic heterocycles. The monoisotopic (exact) mass is 289 g/mol. The Hall–Kier alpha value is -1.62. The molecule has 1 aliphatic heterocycles. The Morgan fingerprint density at radius 2 is 1.86 bits per heavy atom. The smallest absolute Gasteiger partial charge is 0.263 e. The van der Waals surface area contributed by atoms with Gasteiger partial charge in [-0.1, -0.05) is 19.3 Å². The summed E-state index contributed by atoms with van der Waals surface area (Å²) in [5.74, 6) is -0.119. The molecule has 21 heavy (non-hydrogen) atoms. The quantitative estimate of drug-likeness (QED) is 0.895. The number of carbonyl (C=O) groups is 1. The maximum absolute atomic E-state index is 12.7. The van der Waals surface area contributed by atoms with E-state index in [1.165, 1.54) is 19.3 Å². The van der Waals surface area contributed by atoms with Gasteiger partial charge in [0.2, 0.25) is 0 Å². The lowest BCUT2D eigenvalue weighted by Gasteiger charge is -2.28. The molecule has 0 spiro atoms. The number of rotatable bonds is 2. The minimum Gasteiger partial charge on any atom is -0.336 e. The third-order valence-electron chi connectivity index (χ3n) is 4.58. The van der Waals surface area contributed by atoms with Crippen LogP contribution in [-0.4, -0.2) is 41.6 Å². The number of piperazine rings is 1. The van der Waals surface area contributed by atoms with Crippen LogP contribution in [0.2, 0.25) is 0 Å². The SMILES string of the molecule is O=C(c1cccn(C2CCCCC2)c1=O)N1CCNCC1. The maximum atomic E-state index is 12.7. The van der Waals surface area contributed by atoms with E-state index in [0.717, 1.165) is 25.9 Å². The number of pyridine rings is 1. The van der Waals surface area contributed by atoms with Crippen LogP contribution in [0.3, 0.4) is 0 Å². The summed E-state index contributed by atoms with van der Waals surface area (Å²) in [6.45, 7) is 2.96. The lowest BCUT2D eigenvalue weighted by molar-refractivity contribution is 0.0733. The molecule has 1 N–H and O–H groups in total. The molecule has 5 heteroatoms. The summed E-state index contributed by atoms with van der Waals surface area (Å²) in [4.78, 5) is 27.0. The van der Waals surface area contributed by atoms with Crippen LogP contribution in [0.4, 0.5) is 0 Å². The molecule has 5 nitrogen and oxygen atoms in total. The van der Waals surface area contributed by atoms with Crippen molar-refractivity contribution in [2.45, 2.75) is 38.1 Å². The zero-order valence-corrected chi connectivity index (χ0v) is 12.4. The van der Waals surface area contributed by atoms with Gasteiger partial charge in [-0.15, -0.1) is 0 Å². The molecule has 0 bridgehead atoms. The first-order valence-corrected chi connectivity index (χ1v) is 7.98. The van der Waals surface area contributed by atoms with Crippen molar-refractivity contribution < 1.29 is 4.79 Å².